The molecule has 0 aliphatic heterocycles. The molecule has 0 heterocycles. The molecule has 0 unspecified atom stereocenters. The fraction of sp³-hybridized carbons (Fsp3) is 0.778. The number of ketones is 1. The number of carbonyl (C=O) groups is 2. The van der Waals surface area contributed by atoms with E-state index in [4.69, 9.17) is 4.74 Å². The summed E-state index contributed by atoms with van der Waals surface area (Å²) in [4.78, 5) is 20.3. The Hall–Kier alpha value is -0.900. The fourth-order valence-corrected chi connectivity index (χ4v) is 0.480. The van der Waals surface area contributed by atoms with Crippen molar-refractivity contribution < 1.29 is 19.1 Å². The van der Waals surface area contributed by atoms with E-state index in [0.717, 1.165) is 13.2 Å². The van der Waals surface area contributed by atoms with Crippen LogP contribution in [0.2, 0.25) is 0 Å². The number of ether oxygens (including phenoxy) is 2. The van der Waals surface area contributed by atoms with Crippen molar-refractivity contribution in [3.05, 3.63) is 0 Å². The molecule has 0 fully saturated rings. The van der Waals surface area contributed by atoms with Crippen LogP contribution < -0.4 is 0 Å². The Morgan fingerprint density at radius 2 is 1.62 bits per heavy atom. The quantitative estimate of drug-likeness (QED) is 0.493. The van der Waals surface area contributed by atoms with E-state index in [-0.39, 0.29) is 12.2 Å². The van der Waals surface area contributed by atoms with Crippen LogP contribution in [0.15, 0.2) is 0 Å². The maximum atomic E-state index is 10.2. The van der Waals surface area contributed by atoms with E-state index in [2.05, 4.69) is 4.74 Å². The summed E-state index contributed by atoms with van der Waals surface area (Å²) in [6.45, 7) is 7.01. The Morgan fingerprint density at radius 3 is 1.69 bits per heavy atom. The first-order valence-electron chi connectivity index (χ1n) is 4.22. The van der Waals surface area contributed by atoms with Gasteiger partial charge in [0.15, 0.2) is 0 Å². The first-order chi connectivity index (χ1) is 6.08. The third kappa shape index (κ3) is 18.2. The highest BCUT2D eigenvalue weighted by atomic mass is 16.5. The van der Waals surface area contributed by atoms with Crippen molar-refractivity contribution >= 4 is 11.8 Å². The first-order valence-corrected chi connectivity index (χ1v) is 4.22. The van der Waals surface area contributed by atoms with E-state index in [1.54, 1.807) is 0 Å². The van der Waals surface area contributed by atoms with Gasteiger partial charge in [-0.05, 0) is 20.8 Å². The third-order valence-electron chi connectivity index (χ3n) is 1.03. The summed E-state index contributed by atoms with van der Waals surface area (Å²) in [6, 6.07) is 0. The Bertz CT molecular complexity index is 141. The summed E-state index contributed by atoms with van der Waals surface area (Å²) in [6.07, 6.45) is -0.115. The molecular formula is C9H18O4. The van der Waals surface area contributed by atoms with Crippen LogP contribution in [-0.4, -0.2) is 32.1 Å². The van der Waals surface area contributed by atoms with Crippen molar-refractivity contribution in [1.29, 1.82) is 0 Å². The van der Waals surface area contributed by atoms with Crippen molar-refractivity contribution in [1.82, 2.24) is 0 Å². The minimum atomic E-state index is -0.475. The Labute approximate surface area is 79.2 Å². The number of rotatable bonds is 4. The lowest BCUT2D eigenvalue weighted by molar-refractivity contribution is -0.142. The van der Waals surface area contributed by atoms with Crippen LogP contribution >= 0.6 is 0 Å². The van der Waals surface area contributed by atoms with Crippen LogP contribution in [0.1, 0.15) is 27.2 Å². The molecule has 0 aromatic heterocycles. The van der Waals surface area contributed by atoms with Gasteiger partial charge in [-0.25, -0.2) is 0 Å². The molecule has 4 heteroatoms. The second-order valence-electron chi connectivity index (χ2n) is 2.24. The van der Waals surface area contributed by atoms with Crippen LogP contribution in [0.25, 0.3) is 0 Å². The Kier molecular flexibility index (Phi) is 12.5. The zero-order valence-corrected chi connectivity index (χ0v) is 8.75. The van der Waals surface area contributed by atoms with Gasteiger partial charge in [-0.1, -0.05) is 0 Å². The van der Waals surface area contributed by atoms with Crippen LogP contribution in [0.3, 0.4) is 0 Å². The molecule has 4 nitrogen and oxygen atoms in total. The molecule has 0 atom stereocenters. The summed E-state index contributed by atoms with van der Waals surface area (Å²) < 4.78 is 9.03. The number of esters is 1. The Balaban J connectivity index is 0. The zero-order chi connectivity index (χ0) is 10.7. The van der Waals surface area contributed by atoms with Gasteiger partial charge in [-0.3, -0.25) is 9.59 Å². The van der Waals surface area contributed by atoms with Crippen molar-refractivity contribution in [2.75, 3.05) is 20.3 Å². The maximum absolute atomic E-state index is 10.2. The van der Waals surface area contributed by atoms with E-state index >= 15 is 0 Å². The summed E-state index contributed by atoms with van der Waals surface area (Å²) >= 11 is 0. The van der Waals surface area contributed by atoms with Gasteiger partial charge in [0.2, 0.25) is 0 Å². The van der Waals surface area contributed by atoms with Gasteiger partial charge in [0.25, 0.3) is 0 Å². The number of Topliss-reactive ketones (excluding diaryl/α,β-unsaturated/α-hetero) is 1. The molecular weight excluding hydrogens is 172 g/mol. The van der Waals surface area contributed by atoms with Crippen molar-refractivity contribution in [2.45, 2.75) is 27.2 Å². The molecule has 0 saturated heterocycles. The average molecular weight is 190 g/mol. The van der Waals surface area contributed by atoms with E-state index in [0.29, 0.717) is 0 Å². The maximum Gasteiger partial charge on any atom is 0.313 e. The molecule has 0 saturated carbocycles. The predicted octanol–water partition coefficient (Wildman–Crippen LogP) is 1.18. The highest BCUT2D eigenvalue weighted by Crippen LogP contribution is 1.83. The van der Waals surface area contributed by atoms with Gasteiger partial charge >= 0.3 is 5.97 Å². The second kappa shape index (κ2) is 11.1. The molecule has 0 bridgehead atoms. The average Bonchev–Trinajstić information content (AvgIpc) is 2.06. The third-order valence-corrected chi connectivity index (χ3v) is 1.03. The van der Waals surface area contributed by atoms with Crippen molar-refractivity contribution in [3.63, 3.8) is 0 Å². The lowest BCUT2D eigenvalue weighted by atomic mass is 10.3. The summed E-state index contributed by atoms with van der Waals surface area (Å²) in [5.74, 6) is -0.644. The normalized spacial score (nSPS) is 8.31. The van der Waals surface area contributed by atoms with Crippen LogP contribution in [0, 0.1) is 0 Å². The number of carbonyl (C=O) groups excluding carboxylic acids is 2. The highest BCUT2D eigenvalue weighted by molar-refractivity contribution is 5.93. The van der Waals surface area contributed by atoms with E-state index in [1.165, 1.54) is 14.0 Å². The minimum absolute atomic E-state index is 0.115. The lowest BCUT2D eigenvalue weighted by Crippen LogP contribution is -2.05. The van der Waals surface area contributed by atoms with Gasteiger partial charge in [0.05, 0.1) is 7.11 Å². The molecule has 0 N–H and O–H groups in total. The van der Waals surface area contributed by atoms with Crippen molar-refractivity contribution in [2.24, 2.45) is 0 Å². The Morgan fingerprint density at radius 1 is 1.15 bits per heavy atom. The minimum Gasteiger partial charge on any atom is -0.469 e. The van der Waals surface area contributed by atoms with Gasteiger partial charge in [0, 0.05) is 13.2 Å². The molecule has 0 aromatic rings. The van der Waals surface area contributed by atoms with Gasteiger partial charge in [-0.2, -0.15) is 0 Å². The molecule has 0 rings (SSSR count). The fourth-order valence-electron chi connectivity index (χ4n) is 0.480. The van der Waals surface area contributed by atoms with E-state index in [9.17, 15) is 9.59 Å². The predicted molar refractivity (Wildman–Crippen MR) is 49.5 cm³/mol. The van der Waals surface area contributed by atoms with Crippen LogP contribution in [-0.2, 0) is 19.1 Å². The van der Waals surface area contributed by atoms with Gasteiger partial charge in [-0.15, -0.1) is 0 Å². The topological polar surface area (TPSA) is 52.6 Å². The number of hydrogen-bond acceptors (Lipinski definition) is 4. The molecule has 13 heavy (non-hydrogen) atoms. The van der Waals surface area contributed by atoms with E-state index in [1.807, 2.05) is 13.8 Å². The summed E-state index contributed by atoms with van der Waals surface area (Å²) in [5.41, 5.74) is 0. The monoisotopic (exact) mass is 190 g/mol. The van der Waals surface area contributed by atoms with Crippen LogP contribution in [0.4, 0.5) is 0 Å². The number of methoxy groups -OCH3 is 1. The first kappa shape index (κ1) is 14.6. The van der Waals surface area contributed by atoms with Crippen LogP contribution in [0.5, 0.6) is 0 Å². The second-order valence-corrected chi connectivity index (χ2v) is 2.24. The molecule has 0 radical (unpaired) electrons. The molecule has 0 spiro atoms. The highest BCUT2D eigenvalue weighted by Gasteiger charge is 2.01. The number of hydrogen-bond donors (Lipinski definition) is 0. The zero-order valence-electron chi connectivity index (χ0n) is 8.75. The van der Waals surface area contributed by atoms with E-state index < -0.39 is 5.97 Å². The molecule has 0 aliphatic rings. The smallest absolute Gasteiger partial charge is 0.313 e. The molecule has 78 valence electrons. The largest absolute Gasteiger partial charge is 0.469 e. The SMILES string of the molecule is CCOCC.COC(=O)CC(C)=O. The molecule has 0 aromatic carbocycles. The standard InChI is InChI=1S/C5H8O3.C4H10O/c1-4(6)3-5(7)8-2;1-3-5-4-2/h3H2,1-2H3;3-4H2,1-2H3. The summed E-state index contributed by atoms with van der Waals surface area (Å²) in [7, 11) is 1.26. The molecule has 0 amide bonds. The van der Waals surface area contributed by atoms with Crippen molar-refractivity contribution in [3.8, 4) is 0 Å². The summed E-state index contributed by atoms with van der Waals surface area (Å²) in [5, 5.41) is 0. The lowest BCUT2D eigenvalue weighted by Gasteiger charge is -1.90. The van der Waals surface area contributed by atoms with Gasteiger partial charge in [0.1, 0.15) is 12.2 Å². The molecule has 0 aliphatic carbocycles. The van der Waals surface area contributed by atoms with Gasteiger partial charge < -0.3 is 9.47 Å².